The molecular formula is C16H24FN3O2. The van der Waals surface area contributed by atoms with Crippen LogP contribution in [-0.2, 0) is 11.3 Å². The zero-order valence-electron chi connectivity index (χ0n) is 13.4. The summed E-state index contributed by atoms with van der Waals surface area (Å²) in [7, 11) is 1.45. The summed E-state index contributed by atoms with van der Waals surface area (Å²) in [5, 5.41) is 0. The predicted octanol–water partition coefficient (Wildman–Crippen LogP) is 1.22. The average molecular weight is 309 g/mol. The number of ether oxygens (including phenoxy) is 1. The summed E-state index contributed by atoms with van der Waals surface area (Å²) in [5.41, 5.74) is 5.92. The van der Waals surface area contributed by atoms with Crippen molar-refractivity contribution in [3.63, 3.8) is 0 Å². The van der Waals surface area contributed by atoms with E-state index in [0.29, 0.717) is 19.6 Å². The van der Waals surface area contributed by atoms with E-state index in [2.05, 4.69) is 4.90 Å². The molecular weight excluding hydrogens is 285 g/mol. The Morgan fingerprint density at radius 3 is 2.45 bits per heavy atom. The standard InChI is InChI=1S/C16H24FN3O2/c1-16(2,18)15(21)20-8-6-19(7-9-20)11-12-4-5-14(22-3)13(17)10-12/h4-5,10H,6-9,11,18H2,1-3H3. The summed E-state index contributed by atoms with van der Waals surface area (Å²) in [6.45, 7) is 6.93. The van der Waals surface area contributed by atoms with Gasteiger partial charge in [-0.25, -0.2) is 4.39 Å². The normalized spacial score (nSPS) is 16.7. The molecule has 0 bridgehead atoms. The van der Waals surface area contributed by atoms with Crippen molar-refractivity contribution < 1.29 is 13.9 Å². The molecule has 1 aromatic rings. The lowest BCUT2D eigenvalue weighted by atomic mass is 10.0. The first-order valence-electron chi connectivity index (χ1n) is 7.44. The van der Waals surface area contributed by atoms with E-state index < -0.39 is 5.54 Å². The fraction of sp³-hybridized carbons (Fsp3) is 0.562. The van der Waals surface area contributed by atoms with Gasteiger partial charge in [-0.05, 0) is 31.5 Å². The molecule has 1 heterocycles. The van der Waals surface area contributed by atoms with Crippen LogP contribution in [0.15, 0.2) is 18.2 Å². The number of nitrogens with zero attached hydrogens (tertiary/aromatic N) is 2. The van der Waals surface area contributed by atoms with Crippen molar-refractivity contribution >= 4 is 5.91 Å². The van der Waals surface area contributed by atoms with Crippen LogP contribution >= 0.6 is 0 Å². The lowest BCUT2D eigenvalue weighted by molar-refractivity contribution is -0.137. The van der Waals surface area contributed by atoms with E-state index in [1.54, 1.807) is 24.8 Å². The molecule has 0 saturated carbocycles. The number of methoxy groups -OCH3 is 1. The Labute approximate surface area is 130 Å². The van der Waals surface area contributed by atoms with Gasteiger partial charge in [-0.1, -0.05) is 6.07 Å². The van der Waals surface area contributed by atoms with Gasteiger partial charge in [0, 0.05) is 32.7 Å². The van der Waals surface area contributed by atoms with Gasteiger partial charge >= 0.3 is 0 Å². The van der Waals surface area contributed by atoms with Crippen molar-refractivity contribution in [1.82, 2.24) is 9.80 Å². The van der Waals surface area contributed by atoms with Gasteiger partial charge in [0.1, 0.15) is 0 Å². The molecule has 0 atom stereocenters. The number of hydrogen-bond donors (Lipinski definition) is 1. The van der Waals surface area contributed by atoms with Crippen LogP contribution in [0.1, 0.15) is 19.4 Å². The number of carbonyl (C=O) groups excluding carboxylic acids is 1. The number of carbonyl (C=O) groups is 1. The fourth-order valence-corrected chi connectivity index (χ4v) is 2.58. The second-order valence-electron chi connectivity index (χ2n) is 6.26. The Bertz CT molecular complexity index is 535. The van der Waals surface area contributed by atoms with E-state index in [1.807, 2.05) is 6.07 Å². The Morgan fingerprint density at radius 2 is 1.95 bits per heavy atom. The lowest BCUT2D eigenvalue weighted by Gasteiger charge is -2.37. The summed E-state index contributed by atoms with van der Waals surface area (Å²) in [6, 6.07) is 5.00. The van der Waals surface area contributed by atoms with Crippen molar-refractivity contribution in [3.8, 4) is 5.75 Å². The smallest absolute Gasteiger partial charge is 0.242 e. The molecule has 1 amide bonds. The van der Waals surface area contributed by atoms with Crippen LogP contribution in [0.25, 0.3) is 0 Å². The summed E-state index contributed by atoms with van der Waals surface area (Å²) in [4.78, 5) is 16.1. The van der Waals surface area contributed by atoms with Gasteiger partial charge in [-0.15, -0.1) is 0 Å². The van der Waals surface area contributed by atoms with Crippen molar-refractivity contribution in [2.75, 3.05) is 33.3 Å². The molecule has 1 saturated heterocycles. The maximum absolute atomic E-state index is 13.7. The van der Waals surface area contributed by atoms with E-state index >= 15 is 0 Å². The number of halogens is 1. The molecule has 1 aromatic carbocycles. The van der Waals surface area contributed by atoms with E-state index in [4.69, 9.17) is 10.5 Å². The third kappa shape index (κ3) is 3.96. The molecule has 0 spiro atoms. The van der Waals surface area contributed by atoms with Gasteiger partial charge in [-0.2, -0.15) is 0 Å². The van der Waals surface area contributed by atoms with Gasteiger partial charge in [0.2, 0.25) is 5.91 Å². The molecule has 1 aliphatic heterocycles. The zero-order chi connectivity index (χ0) is 16.3. The van der Waals surface area contributed by atoms with E-state index in [-0.39, 0.29) is 17.5 Å². The molecule has 0 unspecified atom stereocenters. The first kappa shape index (κ1) is 16.7. The highest BCUT2D eigenvalue weighted by Crippen LogP contribution is 2.19. The van der Waals surface area contributed by atoms with Crippen molar-refractivity contribution in [3.05, 3.63) is 29.6 Å². The van der Waals surface area contributed by atoms with E-state index in [9.17, 15) is 9.18 Å². The highest BCUT2D eigenvalue weighted by Gasteiger charge is 2.30. The highest BCUT2D eigenvalue weighted by molar-refractivity contribution is 5.85. The van der Waals surface area contributed by atoms with Gasteiger partial charge in [0.15, 0.2) is 11.6 Å². The van der Waals surface area contributed by atoms with Crippen LogP contribution in [0, 0.1) is 5.82 Å². The molecule has 0 radical (unpaired) electrons. The Balaban J connectivity index is 1.90. The second-order valence-corrected chi connectivity index (χ2v) is 6.26. The van der Waals surface area contributed by atoms with Crippen LogP contribution in [0.3, 0.4) is 0 Å². The Morgan fingerprint density at radius 1 is 1.32 bits per heavy atom. The summed E-state index contributed by atoms with van der Waals surface area (Å²) in [6.07, 6.45) is 0. The SMILES string of the molecule is COc1ccc(CN2CCN(C(=O)C(C)(C)N)CC2)cc1F. The minimum atomic E-state index is -0.832. The monoisotopic (exact) mass is 309 g/mol. The van der Waals surface area contributed by atoms with Gasteiger partial charge in [-0.3, -0.25) is 9.69 Å². The number of nitrogens with two attached hydrogens (primary N) is 1. The van der Waals surface area contributed by atoms with Crippen LogP contribution in [0.5, 0.6) is 5.75 Å². The average Bonchev–Trinajstić information content (AvgIpc) is 2.46. The molecule has 1 aliphatic rings. The van der Waals surface area contributed by atoms with Crippen LogP contribution in [0.4, 0.5) is 4.39 Å². The number of hydrogen-bond acceptors (Lipinski definition) is 4. The van der Waals surface area contributed by atoms with Gasteiger partial charge in [0.05, 0.1) is 12.6 Å². The third-order valence-electron chi connectivity index (χ3n) is 3.83. The van der Waals surface area contributed by atoms with E-state index in [0.717, 1.165) is 18.7 Å². The van der Waals surface area contributed by atoms with Gasteiger partial charge < -0.3 is 15.4 Å². The topological polar surface area (TPSA) is 58.8 Å². The van der Waals surface area contributed by atoms with Crippen LogP contribution in [-0.4, -0.2) is 54.5 Å². The lowest BCUT2D eigenvalue weighted by Crippen LogP contribution is -2.56. The Kier molecular flexibility index (Phi) is 5.03. The quantitative estimate of drug-likeness (QED) is 0.908. The van der Waals surface area contributed by atoms with Gasteiger partial charge in [0.25, 0.3) is 0 Å². The number of piperazine rings is 1. The second kappa shape index (κ2) is 6.62. The molecule has 5 nitrogen and oxygen atoms in total. The van der Waals surface area contributed by atoms with E-state index in [1.165, 1.54) is 13.2 Å². The molecule has 22 heavy (non-hydrogen) atoms. The molecule has 2 N–H and O–H groups in total. The van der Waals surface area contributed by atoms with Crippen molar-refractivity contribution in [1.29, 1.82) is 0 Å². The predicted molar refractivity (Wildman–Crippen MR) is 83.1 cm³/mol. The fourth-order valence-electron chi connectivity index (χ4n) is 2.58. The first-order chi connectivity index (χ1) is 10.3. The summed E-state index contributed by atoms with van der Waals surface area (Å²) in [5.74, 6) is -0.120. The number of benzene rings is 1. The highest BCUT2D eigenvalue weighted by atomic mass is 19.1. The molecule has 1 fully saturated rings. The van der Waals surface area contributed by atoms with Crippen molar-refractivity contribution in [2.45, 2.75) is 25.9 Å². The summed E-state index contributed by atoms with van der Waals surface area (Å²) >= 11 is 0. The summed E-state index contributed by atoms with van der Waals surface area (Å²) < 4.78 is 18.6. The molecule has 6 heteroatoms. The minimum Gasteiger partial charge on any atom is -0.494 e. The third-order valence-corrected chi connectivity index (χ3v) is 3.83. The molecule has 0 aromatic heterocycles. The Hall–Kier alpha value is -1.66. The number of rotatable bonds is 4. The molecule has 0 aliphatic carbocycles. The largest absolute Gasteiger partial charge is 0.494 e. The maximum atomic E-state index is 13.7. The maximum Gasteiger partial charge on any atom is 0.242 e. The van der Waals surface area contributed by atoms with Crippen LogP contribution in [0.2, 0.25) is 0 Å². The molecule has 2 rings (SSSR count). The number of amides is 1. The minimum absolute atomic E-state index is 0.0253. The van der Waals surface area contributed by atoms with Crippen LogP contribution < -0.4 is 10.5 Å². The van der Waals surface area contributed by atoms with Crippen molar-refractivity contribution in [2.24, 2.45) is 5.73 Å². The zero-order valence-corrected chi connectivity index (χ0v) is 13.4. The first-order valence-corrected chi connectivity index (χ1v) is 7.44. The molecule has 122 valence electrons.